The van der Waals surface area contributed by atoms with Crippen LogP contribution in [0.4, 0.5) is 0 Å². The Morgan fingerprint density at radius 2 is 0.701 bits per heavy atom. The van der Waals surface area contributed by atoms with Crippen LogP contribution < -0.4 is 0 Å². The first kappa shape index (κ1) is 38.7. The number of hydrogen-bond acceptors (Lipinski definition) is 2. The summed E-state index contributed by atoms with van der Waals surface area (Å²) < 4.78 is 0. The van der Waals surface area contributed by atoms with Crippen molar-refractivity contribution in [2.45, 2.75) is 5.41 Å². The quantitative estimate of drug-likeness (QED) is 0.160. The van der Waals surface area contributed by atoms with Gasteiger partial charge in [-0.25, -0.2) is 9.97 Å². The van der Waals surface area contributed by atoms with Gasteiger partial charge in [-0.3, -0.25) is 0 Å². The zero-order chi connectivity index (χ0) is 44.3. The molecule has 1 aliphatic rings. The van der Waals surface area contributed by atoms with E-state index < -0.39 is 5.41 Å². The van der Waals surface area contributed by atoms with E-state index in [0.29, 0.717) is 5.82 Å². The number of hydrogen-bond donors (Lipinski definition) is 0. The topological polar surface area (TPSA) is 25.8 Å². The molecule has 0 unspecified atom stereocenters. The Kier molecular flexibility index (Phi) is 9.11. The molecule has 0 saturated carbocycles. The van der Waals surface area contributed by atoms with Gasteiger partial charge in [0.2, 0.25) is 0 Å². The summed E-state index contributed by atoms with van der Waals surface area (Å²) in [5, 5.41) is 6.95. The number of aromatic nitrogens is 2. The van der Waals surface area contributed by atoms with Crippen LogP contribution in [0.5, 0.6) is 0 Å². The Morgan fingerprint density at radius 3 is 1.39 bits per heavy atom. The maximum absolute atomic E-state index is 5.43. The summed E-state index contributed by atoms with van der Waals surface area (Å²) in [6.45, 7) is 0. The van der Waals surface area contributed by atoms with Crippen LogP contribution in [0.15, 0.2) is 255 Å². The number of fused-ring (bicyclic) bond motifs is 6. The van der Waals surface area contributed by atoms with Gasteiger partial charge in [0, 0.05) is 16.7 Å². The van der Waals surface area contributed by atoms with Crippen LogP contribution in [0.25, 0.3) is 99.6 Å². The molecule has 312 valence electrons. The van der Waals surface area contributed by atoms with Gasteiger partial charge in [0.15, 0.2) is 5.82 Å². The summed E-state index contributed by atoms with van der Waals surface area (Å²) in [6.07, 6.45) is 0. The van der Waals surface area contributed by atoms with Crippen LogP contribution in [0.3, 0.4) is 0 Å². The van der Waals surface area contributed by atoms with Crippen LogP contribution in [0, 0.1) is 0 Å². The highest BCUT2D eigenvalue weighted by Crippen LogP contribution is 2.58. The molecule has 2 heteroatoms. The molecule has 11 aromatic carbocycles. The highest BCUT2D eigenvalue weighted by Gasteiger charge is 2.46. The predicted molar refractivity (Wildman–Crippen MR) is 279 cm³/mol. The van der Waals surface area contributed by atoms with E-state index in [0.717, 1.165) is 55.2 Å². The predicted octanol–water partition coefficient (Wildman–Crippen LogP) is 16.6. The van der Waals surface area contributed by atoms with Crippen LogP contribution in [-0.2, 0) is 5.41 Å². The summed E-state index contributed by atoms with van der Waals surface area (Å²) in [5.74, 6) is 0.707. The Morgan fingerprint density at radius 1 is 0.269 bits per heavy atom. The van der Waals surface area contributed by atoms with E-state index in [1.807, 2.05) is 0 Å². The molecule has 67 heavy (non-hydrogen) atoms. The monoisotopic (exact) mass is 850 g/mol. The van der Waals surface area contributed by atoms with Crippen molar-refractivity contribution in [1.29, 1.82) is 0 Å². The molecule has 0 atom stereocenters. The van der Waals surface area contributed by atoms with Gasteiger partial charge in [0.25, 0.3) is 0 Å². The molecule has 0 bridgehead atoms. The Bertz CT molecular complexity index is 3720. The van der Waals surface area contributed by atoms with Crippen LogP contribution in [0.2, 0.25) is 0 Å². The molecule has 0 radical (unpaired) electrons. The van der Waals surface area contributed by atoms with Crippen LogP contribution >= 0.6 is 0 Å². The largest absolute Gasteiger partial charge is 0.228 e. The summed E-state index contributed by atoms with van der Waals surface area (Å²) >= 11 is 0. The highest BCUT2D eigenvalue weighted by molar-refractivity contribution is 6.06. The molecule has 2 nitrogen and oxygen atoms in total. The van der Waals surface area contributed by atoms with Crippen molar-refractivity contribution in [2.24, 2.45) is 0 Å². The average molecular weight is 851 g/mol. The summed E-state index contributed by atoms with van der Waals surface area (Å²) in [4.78, 5) is 10.8. The van der Waals surface area contributed by atoms with Crippen molar-refractivity contribution in [3.8, 4) is 67.3 Å². The van der Waals surface area contributed by atoms with Crippen molar-refractivity contribution < 1.29 is 0 Å². The molecule has 1 aromatic heterocycles. The van der Waals surface area contributed by atoms with Gasteiger partial charge in [-0.05, 0) is 100 Å². The third-order valence-electron chi connectivity index (χ3n) is 14.0. The third kappa shape index (κ3) is 6.18. The summed E-state index contributed by atoms with van der Waals surface area (Å²) in [5.41, 5.74) is 16.9. The van der Waals surface area contributed by atoms with Gasteiger partial charge in [-0.2, -0.15) is 0 Å². The second-order valence-electron chi connectivity index (χ2n) is 17.6. The minimum Gasteiger partial charge on any atom is -0.228 e. The number of benzene rings is 11. The molecule has 0 spiro atoms. The summed E-state index contributed by atoms with van der Waals surface area (Å²) in [6, 6.07) is 92.5. The lowest BCUT2D eigenvalue weighted by Crippen LogP contribution is -2.28. The SMILES string of the molecule is c1ccc(C2(c3ccccc3)c3ccccc3-c3c(-c4cccc(-c5ccc(-c6cc(-c7cccc8ccccc78)nc(-c7cccc8ccccc78)n6)c6ccccc56)c4)cccc32)cc1. The van der Waals surface area contributed by atoms with E-state index in [4.69, 9.17) is 9.97 Å². The maximum Gasteiger partial charge on any atom is 0.161 e. The van der Waals surface area contributed by atoms with Gasteiger partial charge in [-0.1, -0.05) is 243 Å². The average Bonchev–Trinajstić information content (AvgIpc) is 3.72. The first-order chi connectivity index (χ1) is 33.2. The number of rotatable bonds is 7. The molecule has 13 rings (SSSR count). The molecule has 0 fully saturated rings. The smallest absolute Gasteiger partial charge is 0.161 e. The Balaban J connectivity index is 0.982. The minimum absolute atomic E-state index is 0.462. The van der Waals surface area contributed by atoms with E-state index in [1.165, 1.54) is 60.8 Å². The first-order valence-electron chi connectivity index (χ1n) is 23.1. The van der Waals surface area contributed by atoms with Gasteiger partial charge in [0.05, 0.1) is 16.8 Å². The normalized spacial score (nSPS) is 12.6. The lowest BCUT2D eigenvalue weighted by atomic mass is 9.67. The molecular formula is C65H42N2. The molecular weight excluding hydrogens is 809 g/mol. The van der Waals surface area contributed by atoms with Gasteiger partial charge in [-0.15, -0.1) is 0 Å². The first-order valence-corrected chi connectivity index (χ1v) is 23.1. The highest BCUT2D eigenvalue weighted by atomic mass is 14.9. The fraction of sp³-hybridized carbons (Fsp3) is 0.0154. The molecule has 0 aliphatic heterocycles. The molecule has 0 amide bonds. The van der Waals surface area contributed by atoms with Gasteiger partial charge < -0.3 is 0 Å². The van der Waals surface area contributed by atoms with Crippen LogP contribution in [0.1, 0.15) is 22.3 Å². The second kappa shape index (κ2) is 15.8. The minimum atomic E-state index is -0.462. The van der Waals surface area contributed by atoms with E-state index in [9.17, 15) is 0 Å². The Hall–Kier alpha value is -8.72. The second-order valence-corrected chi connectivity index (χ2v) is 17.6. The van der Waals surface area contributed by atoms with Crippen molar-refractivity contribution in [3.63, 3.8) is 0 Å². The van der Waals surface area contributed by atoms with Crippen molar-refractivity contribution in [1.82, 2.24) is 9.97 Å². The zero-order valence-corrected chi connectivity index (χ0v) is 36.6. The maximum atomic E-state index is 5.43. The standard InChI is InChI=1S/C65H42N2/c1-3-25-47(26-4-1)65(48-27-5-2-6-28-48)59-37-14-13-33-58(59)63-52(34-18-38-60(63)65)46-24-15-23-45(41-46)51-39-40-56(54-32-12-11-31-53(51)54)62-42-61(55-35-16-21-43-19-7-9-29-49(43)55)66-64(67-62)57-36-17-22-44-20-8-10-30-50(44)57/h1-42H. The fourth-order valence-electron chi connectivity index (χ4n) is 11.1. The fourth-order valence-corrected chi connectivity index (χ4v) is 11.1. The van der Waals surface area contributed by atoms with Gasteiger partial charge in [0.1, 0.15) is 0 Å². The van der Waals surface area contributed by atoms with Gasteiger partial charge >= 0.3 is 0 Å². The van der Waals surface area contributed by atoms with E-state index in [1.54, 1.807) is 0 Å². The third-order valence-corrected chi connectivity index (χ3v) is 14.0. The Labute approximate surface area is 390 Å². The van der Waals surface area contributed by atoms with Crippen LogP contribution in [-0.4, -0.2) is 9.97 Å². The molecule has 1 aliphatic carbocycles. The van der Waals surface area contributed by atoms with Crippen molar-refractivity contribution in [2.75, 3.05) is 0 Å². The van der Waals surface area contributed by atoms with Crippen molar-refractivity contribution in [3.05, 3.63) is 277 Å². The molecule has 0 saturated heterocycles. The molecule has 0 N–H and O–H groups in total. The summed E-state index contributed by atoms with van der Waals surface area (Å²) in [7, 11) is 0. The van der Waals surface area contributed by atoms with E-state index >= 15 is 0 Å². The number of nitrogens with zero attached hydrogens (tertiary/aromatic N) is 2. The van der Waals surface area contributed by atoms with E-state index in [-0.39, 0.29) is 0 Å². The molecule has 12 aromatic rings. The molecule has 1 heterocycles. The lowest BCUT2D eigenvalue weighted by molar-refractivity contribution is 0.768. The lowest BCUT2D eigenvalue weighted by Gasteiger charge is -2.34. The van der Waals surface area contributed by atoms with Crippen molar-refractivity contribution >= 4 is 32.3 Å². The van der Waals surface area contributed by atoms with E-state index in [2.05, 4.69) is 255 Å². The zero-order valence-electron chi connectivity index (χ0n) is 36.6.